The number of nitrogens with one attached hydrogen (secondary N) is 2. The van der Waals surface area contributed by atoms with Crippen LogP contribution in [-0.4, -0.2) is 45.2 Å². The molecule has 2 heterocycles. The molecule has 0 bridgehead atoms. The number of imidazole rings is 1. The second-order valence-corrected chi connectivity index (χ2v) is 6.00. The van der Waals surface area contributed by atoms with Crippen LogP contribution in [0.3, 0.4) is 0 Å². The van der Waals surface area contributed by atoms with Crippen molar-refractivity contribution in [1.82, 2.24) is 25.1 Å². The molecule has 0 radical (unpaired) electrons. The number of aryl methyl sites for hydroxylation is 2. The monoisotopic (exact) mass is 297 g/mol. The number of benzene rings is 1. The minimum absolute atomic E-state index is 0.940. The van der Waals surface area contributed by atoms with Gasteiger partial charge < -0.3 is 9.88 Å². The van der Waals surface area contributed by atoms with Gasteiger partial charge in [0.1, 0.15) is 5.82 Å². The van der Waals surface area contributed by atoms with Crippen LogP contribution in [0.2, 0.25) is 0 Å². The average molecular weight is 297 g/mol. The molecule has 0 saturated carbocycles. The van der Waals surface area contributed by atoms with Crippen LogP contribution in [0.4, 0.5) is 0 Å². The van der Waals surface area contributed by atoms with Gasteiger partial charge in [-0.1, -0.05) is 6.07 Å². The molecule has 3 rings (SSSR count). The Morgan fingerprint density at radius 3 is 2.73 bits per heavy atom. The molecule has 22 heavy (non-hydrogen) atoms. The molecular formula is C17H23N5. The summed E-state index contributed by atoms with van der Waals surface area (Å²) in [6.07, 6.45) is 5.80. The first-order valence-electron chi connectivity index (χ1n) is 7.74. The largest absolute Gasteiger partial charge is 0.342 e. The van der Waals surface area contributed by atoms with Crippen molar-refractivity contribution in [3.8, 4) is 0 Å². The SMILES string of the molecule is Cc1ccc2[nH]c(CCN(C)CCc3cn[nH]c3)nc2c1C. The standard InChI is InChI=1S/C17H23N5/c1-12-4-5-15-17(13(12)2)21-16(20-15)7-9-22(3)8-6-14-10-18-19-11-14/h4-5,10-11H,6-9H2,1-3H3,(H,18,19)(H,20,21). The van der Waals surface area contributed by atoms with Gasteiger partial charge in [0.25, 0.3) is 0 Å². The minimum Gasteiger partial charge on any atom is -0.342 e. The zero-order valence-corrected chi connectivity index (χ0v) is 13.5. The minimum atomic E-state index is 0.940. The summed E-state index contributed by atoms with van der Waals surface area (Å²) in [5.41, 5.74) is 6.06. The van der Waals surface area contributed by atoms with Crippen molar-refractivity contribution < 1.29 is 0 Å². The maximum atomic E-state index is 4.76. The van der Waals surface area contributed by atoms with Crippen LogP contribution in [0.25, 0.3) is 11.0 Å². The second-order valence-electron chi connectivity index (χ2n) is 6.00. The molecule has 0 aliphatic heterocycles. The van der Waals surface area contributed by atoms with Gasteiger partial charge in [0.05, 0.1) is 17.2 Å². The van der Waals surface area contributed by atoms with Crippen LogP contribution in [0.1, 0.15) is 22.5 Å². The first-order chi connectivity index (χ1) is 10.6. The molecule has 1 aromatic carbocycles. The van der Waals surface area contributed by atoms with E-state index in [0.29, 0.717) is 0 Å². The summed E-state index contributed by atoms with van der Waals surface area (Å²) in [7, 11) is 2.15. The first kappa shape index (κ1) is 14.8. The summed E-state index contributed by atoms with van der Waals surface area (Å²) in [6, 6.07) is 4.27. The van der Waals surface area contributed by atoms with Crippen molar-refractivity contribution in [2.45, 2.75) is 26.7 Å². The van der Waals surface area contributed by atoms with Crippen LogP contribution >= 0.6 is 0 Å². The molecule has 2 aromatic heterocycles. The van der Waals surface area contributed by atoms with Crippen LogP contribution in [0.15, 0.2) is 24.5 Å². The average Bonchev–Trinajstić information content (AvgIpc) is 3.16. The van der Waals surface area contributed by atoms with E-state index in [1.54, 1.807) is 0 Å². The molecule has 0 aliphatic rings. The third-order valence-electron chi connectivity index (χ3n) is 4.29. The Bertz CT molecular complexity index is 742. The summed E-state index contributed by atoms with van der Waals surface area (Å²) in [5, 5.41) is 6.83. The molecule has 5 heteroatoms. The fourth-order valence-corrected chi connectivity index (χ4v) is 2.63. The Kier molecular flexibility index (Phi) is 4.24. The molecule has 0 amide bonds. The Morgan fingerprint density at radius 1 is 1.14 bits per heavy atom. The number of H-pyrrole nitrogens is 2. The van der Waals surface area contributed by atoms with Gasteiger partial charge in [-0.2, -0.15) is 5.10 Å². The molecule has 0 atom stereocenters. The van der Waals surface area contributed by atoms with E-state index in [1.165, 1.54) is 16.7 Å². The summed E-state index contributed by atoms with van der Waals surface area (Å²) in [5.74, 6) is 1.07. The lowest BCUT2D eigenvalue weighted by atomic mass is 10.1. The Balaban J connectivity index is 1.58. The molecule has 0 spiro atoms. The summed E-state index contributed by atoms with van der Waals surface area (Å²) < 4.78 is 0. The van der Waals surface area contributed by atoms with E-state index in [0.717, 1.165) is 42.8 Å². The molecule has 0 fully saturated rings. The van der Waals surface area contributed by atoms with Crippen molar-refractivity contribution in [2.75, 3.05) is 20.1 Å². The van der Waals surface area contributed by atoms with E-state index < -0.39 is 0 Å². The van der Waals surface area contributed by atoms with Gasteiger partial charge in [-0.15, -0.1) is 0 Å². The fraction of sp³-hybridized carbons (Fsp3) is 0.412. The van der Waals surface area contributed by atoms with E-state index >= 15 is 0 Å². The smallest absolute Gasteiger partial charge is 0.108 e. The summed E-state index contributed by atoms with van der Waals surface area (Å²) >= 11 is 0. The van der Waals surface area contributed by atoms with E-state index in [-0.39, 0.29) is 0 Å². The van der Waals surface area contributed by atoms with Gasteiger partial charge in [0.15, 0.2) is 0 Å². The first-order valence-corrected chi connectivity index (χ1v) is 7.74. The highest BCUT2D eigenvalue weighted by Gasteiger charge is 2.08. The highest BCUT2D eigenvalue weighted by atomic mass is 15.1. The highest BCUT2D eigenvalue weighted by molar-refractivity contribution is 5.79. The Morgan fingerprint density at radius 2 is 1.95 bits per heavy atom. The zero-order chi connectivity index (χ0) is 15.5. The van der Waals surface area contributed by atoms with Crippen molar-refractivity contribution in [1.29, 1.82) is 0 Å². The third-order valence-corrected chi connectivity index (χ3v) is 4.29. The van der Waals surface area contributed by atoms with E-state index in [4.69, 9.17) is 4.98 Å². The maximum absolute atomic E-state index is 4.76. The van der Waals surface area contributed by atoms with E-state index in [2.05, 4.69) is 53.1 Å². The number of likely N-dealkylation sites (N-methyl/N-ethyl adjacent to an activating group) is 1. The predicted octanol–water partition coefficient (Wildman–Crippen LogP) is 2.62. The van der Waals surface area contributed by atoms with Crippen molar-refractivity contribution in [2.24, 2.45) is 0 Å². The van der Waals surface area contributed by atoms with Crippen LogP contribution in [-0.2, 0) is 12.8 Å². The number of aromatic nitrogens is 4. The molecule has 0 aliphatic carbocycles. The van der Waals surface area contributed by atoms with Crippen LogP contribution < -0.4 is 0 Å². The quantitative estimate of drug-likeness (QED) is 0.735. The van der Waals surface area contributed by atoms with Gasteiger partial charge in [0.2, 0.25) is 0 Å². The number of hydrogen-bond donors (Lipinski definition) is 2. The van der Waals surface area contributed by atoms with E-state index in [9.17, 15) is 0 Å². The number of aromatic amines is 2. The van der Waals surface area contributed by atoms with Crippen molar-refractivity contribution in [3.05, 3.63) is 47.0 Å². The van der Waals surface area contributed by atoms with Crippen LogP contribution in [0.5, 0.6) is 0 Å². The van der Waals surface area contributed by atoms with Gasteiger partial charge in [0, 0.05) is 25.7 Å². The zero-order valence-electron chi connectivity index (χ0n) is 13.5. The Labute approximate surface area is 130 Å². The normalized spacial score (nSPS) is 11.6. The van der Waals surface area contributed by atoms with Crippen LogP contribution in [0, 0.1) is 13.8 Å². The van der Waals surface area contributed by atoms with Gasteiger partial charge >= 0.3 is 0 Å². The van der Waals surface area contributed by atoms with Crippen molar-refractivity contribution >= 4 is 11.0 Å². The van der Waals surface area contributed by atoms with Crippen molar-refractivity contribution in [3.63, 3.8) is 0 Å². The lowest BCUT2D eigenvalue weighted by Gasteiger charge is -2.14. The number of nitrogens with zero attached hydrogens (tertiary/aromatic N) is 3. The molecular weight excluding hydrogens is 274 g/mol. The third kappa shape index (κ3) is 3.20. The molecule has 2 N–H and O–H groups in total. The summed E-state index contributed by atoms with van der Waals surface area (Å²) in [6.45, 7) is 6.29. The highest BCUT2D eigenvalue weighted by Crippen LogP contribution is 2.19. The molecule has 0 saturated heterocycles. The van der Waals surface area contributed by atoms with Gasteiger partial charge in [-0.25, -0.2) is 4.98 Å². The number of fused-ring (bicyclic) bond motifs is 1. The molecule has 116 valence electrons. The number of rotatable bonds is 6. The van der Waals surface area contributed by atoms with E-state index in [1.807, 2.05) is 12.4 Å². The molecule has 5 nitrogen and oxygen atoms in total. The lowest BCUT2D eigenvalue weighted by molar-refractivity contribution is 0.340. The molecule has 0 unspecified atom stereocenters. The summed E-state index contributed by atoms with van der Waals surface area (Å²) in [4.78, 5) is 10.5. The fourth-order valence-electron chi connectivity index (χ4n) is 2.63. The number of hydrogen-bond acceptors (Lipinski definition) is 3. The lowest BCUT2D eigenvalue weighted by Crippen LogP contribution is -2.24. The van der Waals surface area contributed by atoms with Gasteiger partial charge in [-0.05, 0) is 50.1 Å². The maximum Gasteiger partial charge on any atom is 0.108 e. The Hall–Kier alpha value is -2.14. The second kappa shape index (κ2) is 6.32. The molecule has 3 aromatic rings. The van der Waals surface area contributed by atoms with Gasteiger partial charge in [-0.3, -0.25) is 5.10 Å². The predicted molar refractivity (Wildman–Crippen MR) is 89.1 cm³/mol. The topological polar surface area (TPSA) is 60.6 Å².